The zero-order valence-corrected chi connectivity index (χ0v) is 23.4. The molecule has 5 atom stereocenters. The number of carbonyl (C=O) groups excluding carboxylic acids is 1. The van der Waals surface area contributed by atoms with E-state index in [1.165, 1.54) is 31.9 Å². The van der Waals surface area contributed by atoms with Gasteiger partial charge in [0.15, 0.2) is 8.32 Å². The number of aliphatic hydroxyl groups excluding tert-OH is 1. The van der Waals surface area contributed by atoms with Crippen LogP contribution in [0.3, 0.4) is 0 Å². The number of rotatable bonds is 13. The molecule has 1 saturated carbocycles. The van der Waals surface area contributed by atoms with Crippen LogP contribution in [0, 0.1) is 17.8 Å². The van der Waals surface area contributed by atoms with Gasteiger partial charge in [0, 0.05) is 12.3 Å². The Kier molecular flexibility index (Phi) is 10.9. The van der Waals surface area contributed by atoms with E-state index in [2.05, 4.69) is 59.0 Å². The van der Waals surface area contributed by atoms with Gasteiger partial charge in [0.1, 0.15) is 0 Å². The minimum Gasteiger partial charge on any atom is -0.469 e. The quantitative estimate of drug-likeness (QED) is 0.132. The number of hydrogen-bond donors (Lipinski definition) is 1. The van der Waals surface area contributed by atoms with Crippen LogP contribution in [0.25, 0.3) is 0 Å². The van der Waals surface area contributed by atoms with Crippen LogP contribution in [0.15, 0.2) is 23.8 Å². The topological polar surface area (TPSA) is 55.8 Å². The molecule has 33 heavy (non-hydrogen) atoms. The highest BCUT2D eigenvalue weighted by atomic mass is 28.4. The summed E-state index contributed by atoms with van der Waals surface area (Å²) < 4.78 is 11.5. The Hall–Kier alpha value is -0.913. The molecule has 2 rings (SSSR count). The highest BCUT2D eigenvalue weighted by molar-refractivity contribution is 6.74. The van der Waals surface area contributed by atoms with Gasteiger partial charge >= 0.3 is 5.97 Å². The predicted octanol–water partition coefficient (Wildman–Crippen LogP) is 7.19. The Bertz CT molecular complexity index is 676. The molecule has 2 aliphatic rings. The molecule has 2 aliphatic carbocycles. The summed E-state index contributed by atoms with van der Waals surface area (Å²) in [6.07, 6.45) is 17.1. The molecular formula is C28H50O4Si. The Labute approximate surface area is 204 Å². The smallest absolute Gasteiger partial charge is 0.305 e. The van der Waals surface area contributed by atoms with E-state index in [4.69, 9.17) is 9.16 Å². The largest absolute Gasteiger partial charge is 0.469 e. The molecular weight excluding hydrogens is 428 g/mol. The number of carbonyl (C=O) groups is 1. The number of ether oxygens (including phenoxy) is 1. The number of hydrogen-bond acceptors (Lipinski definition) is 4. The van der Waals surface area contributed by atoms with Gasteiger partial charge in [0.05, 0.1) is 19.3 Å². The monoisotopic (exact) mass is 478 g/mol. The summed E-state index contributed by atoms with van der Waals surface area (Å²) in [5.74, 6) is 1.10. The molecule has 0 spiro atoms. The average Bonchev–Trinajstić information content (AvgIpc) is 3.24. The van der Waals surface area contributed by atoms with E-state index in [9.17, 15) is 9.90 Å². The normalized spacial score (nSPS) is 26.5. The maximum Gasteiger partial charge on any atom is 0.305 e. The molecule has 190 valence electrons. The van der Waals surface area contributed by atoms with Crippen molar-refractivity contribution in [2.45, 2.75) is 122 Å². The molecule has 0 aromatic carbocycles. The number of aliphatic hydroxyl groups is 1. The van der Waals surface area contributed by atoms with Gasteiger partial charge in [-0.2, -0.15) is 0 Å². The molecule has 0 aliphatic heterocycles. The number of esters is 1. The molecule has 0 aromatic rings. The highest BCUT2D eigenvalue weighted by Crippen LogP contribution is 2.48. The van der Waals surface area contributed by atoms with Gasteiger partial charge in [0.2, 0.25) is 0 Å². The maximum absolute atomic E-state index is 11.3. The molecule has 0 bridgehead atoms. The van der Waals surface area contributed by atoms with Crippen molar-refractivity contribution >= 4 is 14.3 Å². The molecule has 0 amide bonds. The minimum absolute atomic E-state index is 0.117. The molecule has 0 aromatic heterocycles. The van der Waals surface area contributed by atoms with Crippen molar-refractivity contribution in [3.8, 4) is 0 Å². The van der Waals surface area contributed by atoms with Crippen LogP contribution < -0.4 is 0 Å². The summed E-state index contributed by atoms with van der Waals surface area (Å²) in [5, 5.41) is 11.0. The van der Waals surface area contributed by atoms with Crippen molar-refractivity contribution in [1.82, 2.24) is 0 Å². The fourth-order valence-electron chi connectivity index (χ4n) is 5.11. The van der Waals surface area contributed by atoms with Crippen LogP contribution in [-0.4, -0.2) is 38.7 Å². The van der Waals surface area contributed by atoms with Gasteiger partial charge in [0.25, 0.3) is 0 Å². The van der Waals surface area contributed by atoms with Crippen molar-refractivity contribution in [2.24, 2.45) is 17.8 Å². The number of fused-ring (bicyclic) bond motifs is 1. The summed E-state index contributed by atoms with van der Waals surface area (Å²) in [7, 11) is -0.394. The van der Waals surface area contributed by atoms with Gasteiger partial charge in [-0.25, -0.2) is 0 Å². The van der Waals surface area contributed by atoms with E-state index >= 15 is 0 Å². The van der Waals surface area contributed by atoms with E-state index in [0.717, 1.165) is 38.5 Å². The third-order valence-corrected chi connectivity index (χ3v) is 12.7. The van der Waals surface area contributed by atoms with E-state index in [1.807, 2.05) is 0 Å². The summed E-state index contributed by atoms with van der Waals surface area (Å²) in [6.45, 7) is 13.8. The number of allylic oxidation sites excluding steroid dienone is 2. The Morgan fingerprint density at radius 1 is 1.24 bits per heavy atom. The van der Waals surface area contributed by atoms with E-state index < -0.39 is 8.32 Å². The Morgan fingerprint density at radius 2 is 1.97 bits per heavy atom. The second kappa shape index (κ2) is 12.7. The first kappa shape index (κ1) is 28.3. The average molecular weight is 479 g/mol. The lowest BCUT2D eigenvalue weighted by molar-refractivity contribution is -0.140. The van der Waals surface area contributed by atoms with Crippen molar-refractivity contribution in [2.75, 3.05) is 7.11 Å². The number of methoxy groups -OCH3 is 1. The van der Waals surface area contributed by atoms with Crippen molar-refractivity contribution < 1.29 is 19.1 Å². The van der Waals surface area contributed by atoms with Crippen LogP contribution in [0.2, 0.25) is 18.1 Å². The lowest BCUT2D eigenvalue weighted by Gasteiger charge is -2.39. The van der Waals surface area contributed by atoms with Crippen molar-refractivity contribution in [3.05, 3.63) is 23.8 Å². The lowest BCUT2D eigenvalue weighted by Crippen LogP contribution is -2.43. The van der Waals surface area contributed by atoms with Crippen molar-refractivity contribution in [3.63, 3.8) is 0 Å². The first-order valence-corrected chi connectivity index (χ1v) is 16.2. The van der Waals surface area contributed by atoms with Crippen molar-refractivity contribution in [1.29, 1.82) is 0 Å². The van der Waals surface area contributed by atoms with E-state index in [0.29, 0.717) is 18.3 Å². The SMILES string of the molecule is CCCCC[C@H](/C=C/[C@H]1[C@@H]2CC(CCCCC(=O)OC)=C[C@@H]2C[C@@H]1O)O[Si](C)(C)C(C)(C)C. The van der Waals surface area contributed by atoms with Crippen LogP contribution in [-0.2, 0) is 14.0 Å². The fraction of sp³-hybridized carbons (Fsp3) is 0.821. The predicted molar refractivity (Wildman–Crippen MR) is 140 cm³/mol. The third-order valence-electron chi connectivity index (χ3n) is 8.20. The van der Waals surface area contributed by atoms with Gasteiger partial charge in [-0.05, 0) is 68.5 Å². The second-order valence-corrected chi connectivity index (χ2v) is 16.6. The lowest BCUT2D eigenvalue weighted by atomic mass is 9.88. The molecule has 4 nitrogen and oxygen atoms in total. The van der Waals surface area contributed by atoms with Gasteiger partial charge in [-0.1, -0.05) is 70.8 Å². The summed E-state index contributed by atoms with van der Waals surface area (Å²) >= 11 is 0. The number of unbranched alkanes of at least 4 members (excludes halogenated alkanes) is 3. The first-order chi connectivity index (χ1) is 15.5. The van der Waals surface area contributed by atoms with Gasteiger partial charge in [-0.3, -0.25) is 4.79 Å². The zero-order valence-electron chi connectivity index (χ0n) is 22.4. The highest BCUT2D eigenvalue weighted by Gasteiger charge is 2.43. The maximum atomic E-state index is 11.3. The molecule has 1 N–H and O–H groups in total. The van der Waals surface area contributed by atoms with Crippen LogP contribution >= 0.6 is 0 Å². The standard InChI is InChI=1S/C28H50O4Si/c1-8-9-10-14-23(32-33(6,7)28(2,3)4)16-17-24-25-19-21(18-22(25)20-26(24)29)13-11-12-15-27(30)31-5/h16-18,22-26,29H,8-15,19-20H2,1-7H3/b17-16+/t22-,23-,24+,25-,26+/m1/s1. The van der Waals surface area contributed by atoms with E-state index in [1.54, 1.807) is 0 Å². The summed E-state index contributed by atoms with van der Waals surface area (Å²) in [4.78, 5) is 11.3. The van der Waals surface area contributed by atoms with Crippen LogP contribution in [0.1, 0.15) is 91.9 Å². The molecule has 0 saturated heterocycles. The zero-order chi connectivity index (χ0) is 24.6. The molecule has 5 heteroatoms. The summed E-state index contributed by atoms with van der Waals surface area (Å²) in [5.41, 5.74) is 1.51. The molecule has 0 heterocycles. The minimum atomic E-state index is -1.85. The third kappa shape index (κ3) is 8.36. The molecule has 0 radical (unpaired) electrons. The second-order valence-electron chi connectivity index (χ2n) is 11.8. The van der Waals surface area contributed by atoms with Crippen LogP contribution in [0.4, 0.5) is 0 Å². The molecule has 0 unspecified atom stereocenters. The molecule has 1 fully saturated rings. The van der Waals surface area contributed by atoms with Crippen LogP contribution in [0.5, 0.6) is 0 Å². The summed E-state index contributed by atoms with van der Waals surface area (Å²) in [6, 6.07) is 0. The Balaban J connectivity index is 1.97. The Morgan fingerprint density at radius 3 is 2.61 bits per heavy atom. The first-order valence-electron chi connectivity index (χ1n) is 13.3. The fourth-order valence-corrected chi connectivity index (χ4v) is 6.42. The van der Waals surface area contributed by atoms with Gasteiger partial charge < -0.3 is 14.3 Å². The van der Waals surface area contributed by atoms with Gasteiger partial charge in [-0.15, -0.1) is 0 Å². The van der Waals surface area contributed by atoms with E-state index in [-0.39, 0.29) is 29.1 Å².